The highest BCUT2D eigenvalue weighted by Gasteiger charge is 2.32. The van der Waals surface area contributed by atoms with Crippen molar-refractivity contribution >= 4 is 22.5 Å². The van der Waals surface area contributed by atoms with Crippen LogP contribution in [0.1, 0.15) is 16.7 Å². The van der Waals surface area contributed by atoms with Crippen molar-refractivity contribution in [2.75, 3.05) is 25.2 Å². The Balaban J connectivity index is 1.65. The number of aromatic amines is 1. The van der Waals surface area contributed by atoms with Gasteiger partial charge in [0.25, 0.3) is 0 Å². The molecule has 0 radical (unpaired) electrons. The molecule has 0 amide bonds. The second-order valence-electron chi connectivity index (χ2n) is 8.13. The normalized spacial score (nSPS) is 15.7. The summed E-state index contributed by atoms with van der Waals surface area (Å²) in [5.74, 6) is 2.50. The molecular formula is C25H26N4O2. The van der Waals surface area contributed by atoms with Gasteiger partial charge in [-0.15, -0.1) is 0 Å². The number of benzene rings is 2. The third kappa shape index (κ3) is 3.33. The first-order chi connectivity index (χ1) is 15.1. The number of fused-ring (bicyclic) bond motifs is 2. The first kappa shape index (κ1) is 19.6. The monoisotopic (exact) mass is 414 g/mol. The van der Waals surface area contributed by atoms with E-state index in [4.69, 9.17) is 14.5 Å². The number of ether oxygens (including phenoxy) is 2. The smallest absolute Gasteiger partial charge is 0.154 e. The van der Waals surface area contributed by atoms with E-state index >= 15 is 0 Å². The van der Waals surface area contributed by atoms with Gasteiger partial charge in [-0.05, 0) is 61.7 Å². The zero-order valence-corrected chi connectivity index (χ0v) is 18.3. The molecule has 0 aliphatic carbocycles. The van der Waals surface area contributed by atoms with E-state index in [0.29, 0.717) is 13.2 Å². The van der Waals surface area contributed by atoms with Crippen molar-refractivity contribution in [1.29, 1.82) is 0 Å². The number of anilines is 2. The zero-order valence-electron chi connectivity index (χ0n) is 18.3. The Morgan fingerprint density at radius 3 is 2.77 bits per heavy atom. The fourth-order valence-electron chi connectivity index (χ4n) is 4.17. The third-order valence-corrected chi connectivity index (χ3v) is 5.97. The van der Waals surface area contributed by atoms with Crippen LogP contribution in [0.3, 0.4) is 0 Å². The molecule has 3 heterocycles. The van der Waals surface area contributed by atoms with Gasteiger partial charge in [-0.25, -0.2) is 9.97 Å². The third-order valence-electron chi connectivity index (χ3n) is 5.97. The van der Waals surface area contributed by atoms with Crippen molar-refractivity contribution in [2.24, 2.45) is 0 Å². The van der Waals surface area contributed by atoms with Crippen molar-refractivity contribution in [1.82, 2.24) is 15.0 Å². The minimum atomic E-state index is 0.0310. The molecule has 158 valence electrons. The summed E-state index contributed by atoms with van der Waals surface area (Å²) in [4.78, 5) is 15.3. The van der Waals surface area contributed by atoms with Crippen LogP contribution in [0.25, 0.3) is 22.4 Å². The number of aromatic nitrogens is 3. The number of para-hydroxylation sites is 1. The first-order valence-electron chi connectivity index (χ1n) is 10.5. The lowest BCUT2D eigenvalue weighted by atomic mass is 10.1. The number of aryl methyl sites for hydroxylation is 3. The summed E-state index contributed by atoms with van der Waals surface area (Å²) in [7, 11) is 1.71. The van der Waals surface area contributed by atoms with Crippen LogP contribution in [-0.4, -0.2) is 41.3 Å². The van der Waals surface area contributed by atoms with Crippen molar-refractivity contribution < 1.29 is 9.47 Å². The average molecular weight is 415 g/mol. The highest BCUT2D eigenvalue weighted by molar-refractivity contribution is 5.86. The van der Waals surface area contributed by atoms with Crippen LogP contribution in [0, 0.1) is 20.8 Å². The van der Waals surface area contributed by atoms with E-state index in [1.807, 2.05) is 25.3 Å². The molecule has 1 unspecified atom stereocenters. The number of rotatable bonds is 4. The van der Waals surface area contributed by atoms with Gasteiger partial charge in [0, 0.05) is 13.3 Å². The molecule has 0 bridgehead atoms. The van der Waals surface area contributed by atoms with E-state index in [1.165, 1.54) is 11.1 Å². The Morgan fingerprint density at radius 1 is 1.13 bits per heavy atom. The van der Waals surface area contributed by atoms with Crippen molar-refractivity contribution in [3.8, 4) is 17.1 Å². The number of hydrogen-bond donors (Lipinski definition) is 1. The number of pyridine rings is 1. The number of hydrogen-bond acceptors (Lipinski definition) is 5. The Morgan fingerprint density at radius 2 is 2.00 bits per heavy atom. The van der Waals surface area contributed by atoms with Crippen LogP contribution in [-0.2, 0) is 4.74 Å². The van der Waals surface area contributed by atoms with Crippen LogP contribution in [0.4, 0.5) is 11.5 Å². The van der Waals surface area contributed by atoms with Crippen LogP contribution >= 0.6 is 0 Å². The molecule has 6 nitrogen and oxygen atoms in total. The van der Waals surface area contributed by atoms with E-state index in [0.717, 1.165) is 45.2 Å². The lowest BCUT2D eigenvalue weighted by molar-refractivity contribution is 0.146. The predicted octanol–water partition coefficient (Wildman–Crippen LogP) is 5.10. The molecule has 1 atom stereocenters. The summed E-state index contributed by atoms with van der Waals surface area (Å²) >= 11 is 0. The molecule has 0 saturated carbocycles. The second kappa shape index (κ2) is 7.71. The maximum Gasteiger partial charge on any atom is 0.154 e. The summed E-state index contributed by atoms with van der Waals surface area (Å²) < 4.78 is 11.8. The van der Waals surface area contributed by atoms with E-state index in [-0.39, 0.29) is 6.04 Å². The topological polar surface area (TPSA) is 63.3 Å². The fraction of sp³-hybridized carbons (Fsp3) is 0.280. The van der Waals surface area contributed by atoms with Gasteiger partial charge in [0.1, 0.15) is 18.2 Å². The maximum atomic E-state index is 6.29. The minimum absolute atomic E-state index is 0.0310. The fourth-order valence-corrected chi connectivity index (χ4v) is 4.17. The highest BCUT2D eigenvalue weighted by Crippen LogP contribution is 2.44. The molecule has 1 aliphatic rings. The van der Waals surface area contributed by atoms with Crippen molar-refractivity contribution in [3.05, 3.63) is 65.4 Å². The van der Waals surface area contributed by atoms with Gasteiger partial charge in [-0.1, -0.05) is 18.2 Å². The van der Waals surface area contributed by atoms with E-state index in [9.17, 15) is 0 Å². The molecule has 2 aromatic heterocycles. The van der Waals surface area contributed by atoms with E-state index in [1.54, 1.807) is 7.11 Å². The van der Waals surface area contributed by atoms with Gasteiger partial charge in [0.15, 0.2) is 5.75 Å². The molecule has 0 spiro atoms. The molecule has 1 N–H and O–H groups in total. The SMILES string of the molecule is COCC1COc2c(-c3nc4c(C)c(C)ccc4[nH]3)cccc2N1c1ccc(C)cn1. The summed E-state index contributed by atoms with van der Waals surface area (Å²) in [6.07, 6.45) is 1.89. The molecule has 2 aromatic carbocycles. The lowest BCUT2D eigenvalue weighted by Gasteiger charge is -2.38. The Bertz CT molecular complexity index is 1250. The Labute approximate surface area is 181 Å². The van der Waals surface area contributed by atoms with E-state index in [2.05, 4.69) is 59.0 Å². The number of methoxy groups -OCH3 is 1. The lowest BCUT2D eigenvalue weighted by Crippen LogP contribution is -2.43. The standard InChI is InChI=1S/C25H26N4O2/c1-15-8-11-22(26-12-15)29-18(13-30-4)14-31-24-19(6-5-7-21(24)29)25-27-20-10-9-16(2)17(3)23(20)28-25/h5-12,18H,13-14H2,1-4H3,(H,27,28). The minimum Gasteiger partial charge on any atom is -0.488 e. The van der Waals surface area contributed by atoms with E-state index < -0.39 is 0 Å². The average Bonchev–Trinajstić information content (AvgIpc) is 3.22. The quantitative estimate of drug-likeness (QED) is 0.504. The largest absolute Gasteiger partial charge is 0.488 e. The number of nitrogens with zero attached hydrogens (tertiary/aromatic N) is 3. The Kier molecular flexibility index (Phi) is 4.87. The molecular weight excluding hydrogens is 388 g/mol. The summed E-state index contributed by atoms with van der Waals surface area (Å²) in [5, 5.41) is 0. The zero-order chi connectivity index (χ0) is 21.5. The van der Waals surface area contributed by atoms with Gasteiger partial charge >= 0.3 is 0 Å². The van der Waals surface area contributed by atoms with Crippen LogP contribution in [0.15, 0.2) is 48.7 Å². The first-order valence-corrected chi connectivity index (χ1v) is 10.5. The molecule has 0 fully saturated rings. The summed E-state index contributed by atoms with van der Waals surface area (Å²) in [6.45, 7) is 7.31. The summed E-state index contributed by atoms with van der Waals surface area (Å²) in [5.41, 5.74) is 7.49. The van der Waals surface area contributed by atoms with Crippen LogP contribution in [0.5, 0.6) is 5.75 Å². The second-order valence-corrected chi connectivity index (χ2v) is 8.13. The summed E-state index contributed by atoms with van der Waals surface area (Å²) in [6, 6.07) is 14.5. The molecule has 4 aromatic rings. The van der Waals surface area contributed by atoms with Crippen LogP contribution in [0.2, 0.25) is 0 Å². The molecule has 31 heavy (non-hydrogen) atoms. The van der Waals surface area contributed by atoms with Crippen molar-refractivity contribution in [3.63, 3.8) is 0 Å². The van der Waals surface area contributed by atoms with Gasteiger partial charge in [-0.2, -0.15) is 0 Å². The Hall–Kier alpha value is -3.38. The molecule has 0 saturated heterocycles. The number of imidazole rings is 1. The van der Waals surface area contributed by atoms with Gasteiger partial charge < -0.3 is 19.4 Å². The predicted molar refractivity (Wildman–Crippen MR) is 123 cm³/mol. The maximum absolute atomic E-state index is 6.29. The molecule has 1 aliphatic heterocycles. The van der Waals surface area contributed by atoms with Gasteiger partial charge in [-0.3, -0.25) is 0 Å². The molecule has 5 rings (SSSR count). The van der Waals surface area contributed by atoms with Crippen molar-refractivity contribution in [2.45, 2.75) is 26.8 Å². The highest BCUT2D eigenvalue weighted by atomic mass is 16.5. The molecule has 6 heteroatoms. The number of nitrogens with one attached hydrogen (secondary N) is 1. The van der Waals surface area contributed by atoms with Gasteiger partial charge in [0.2, 0.25) is 0 Å². The van der Waals surface area contributed by atoms with Gasteiger partial charge in [0.05, 0.1) is 34.9 Å². The number of H-pyrrole nitrogens is 1. The van der Waals surface area contributed by atoms with Crippen LogP contribution < -0.4 is 9.64 Å².